The Kier molecular flexibility index (Phi) is 7.61. The van der Waals surface area contributed by atoms with E-state index in [9.17, 15) is 4.79 Å². The molecule has 1 amide bonds. The van der Waals surface area contributed by atoms with Crippen LogP contribution in [0.25, 0.3) is 0 Å². The SMILES string of the molecule is CCCC(C)(N)C(=O)NCc1ccc(C)c(OC)c1.Cl. The van der Waals surface area contributed by atoms with Gasteiger partial charge in [0.2, 0.25) is 5.91 Å². The molecule has 4 nitrogen and oxygen atoms in total. The lowest BCUT2D eigenvalue weighted by molar-refractivity contribution is -0.126. The van der Waals surface area contributed by atoms with Crippen LogP contribution in [0.2, 0.25) is 0 Å². The molecule has 114 valence electrons. The van der Waals surface area contributed by atoms with Gasteiger partial charge in [0.05, 0.1) is 12.6 Å². The molecule has 0 bridgehead atoms. The number of methoxy groups -OCH3 is 1. The third-order valence-electron chi connectivity index (χ3n) is 3.21. The van der Waals surface area contributed by atoms with Gasteiger partial charge in [0.25, 0.3) is 0 Å². The van der Waals surface area contributed by atoms with Gasteiger partial charge < -0.3 is 15.8 Å². The number of hydrogen-bond acceptors (Lipinski definition) is 3. The predicted octanol–water partition coefficient (Wildman–Crippen LogP) is 2.56. The van der Waals surface area contributed by atoms with Gasteiger partial charge in [-0.1, -0.05) is 25.5 Å². The highest BCUT2D eigenvalue weighted by Gasteiger charge is 2.26. The summed E-state index contributed by atoms with van der Waals surface area (Å²) in [5, 5.41) is 2.88. The van der Waals surface area contributed by atoms with Crippen LogP contribution in [0.1, 0.15) is 37.8 Å². The zero-order valence-corrected chi connectivity index (χ0v) is 13.5. The van der Waals surface area contributed by atoms with Gasteiger partial charge in [0.15, 0.2) is 0 Å². The fourth-order valence-corrected chi connectivity index (χ4v) is 1.99. The summed E-state index contributed by atoms with van der Waals surface area (Å²) >= 11 is 0. The molecule has 5 heteroatoms. The summed E-state index contributed by atoms with van der Waals surface area (Å²) in [7, 11) is 1.64. The Labute approximate surface area is 127 Å². The Morgan fingerprint density at radius 2 is 2.10 bits per heavy atom. The van der Waals surface area contributed by atoms with Gasteiger partial charge in [0.1, 0.15) is 5.75 Å². The van der Waals surface area contributed by atoms with E-state index in [0.717, 1.165) is 23.3 Å². The number of hydrogen-bond donors (Lipinski definition) is 2. The highest BCUT2D eigenvalue weighted by molar-refractivity contribution is 5.85. The minimum atomic E-state index is -0.802. The van der Waals surface area contributed by atoms with Crippen molar-refractivity contribution in [3.05, 3.63) is 29.3 Å². The number of nitrogens with one attached hydrogen (secondary N) is 1. The molecule has 1 atom stereocenters. The number of benzene rings is 1. The lowest BCUT2D eigenvalue weighted by atomic mass is 9.96. The number of carbonyl (C=O) groups is 1. The number of nitrogens with two attached hydrogens (primary N) is 1. The third kappa shape index (κ3) is 5.02. The van der Waals surface area contributed by atoms with Crippen LogP contribution in [0.3, 0.4) is 0 Å². The first-order valence-electron chi connectivity index (χ1n) is 6.61. The molecule has 1 unspecified atom stereocenters. The van der Waals surface area contributed by atoms with E-state index < -0.39 is 5.54 Å². The summed E-state index contributed by atoms with van der Waals surface area (Å²) in [5.74, 6) is 0.713. The van der Waals surface area contributed by atoms with Crippen molar-refractivity contribution in [2.24, 2.45) is 5.73 Å². The molecule has 0 saturated carbocycles. The second-order valence-corrected chi connectivity index (χ2v) is 5.15. The Balaban J connectivity index is 0.00000361. The van der Waals surface area contributed by atoms with Crippen molar-refractivity contribution in [2.45, 2.75) is 45.7 Å². The van der Waals surface area contributed by atoms with E-state index in [1.165, 1.54) is 0 Å². The van der Waals surface area contributed by atoms with Crippen molar-refractivity contribution >= 4 is 18.3 Å². The average Bonchev–Trinajstić information content (AvgIpc) is 2.37. The van der Waals surface area contributed by atoms with Gasteiger partial charge in [-0.2, -0.15) is 0 Å². The van der Waals surface area contributed by atoms with Gasteiger partial charge in [-0.05, 0) is 37.5 Å². The minimum Gasteiger partial charge on any atom is -0.496 e. The van der Waals surface area contributed by atoms with E-state index in [1.807, 2.05) is 32.0 Å². The molecule has 3 N–H and O–H groups in total. The Morgan fingerprint density at radius 1 is 1.45 bits per heavy atom. The van der Waals surface area contributed by atoms with Crippen LogP contribution >= 0.6 is 12.4 Å². The molecule has 0 aromatic heterocycles. The van der Waals surface area contributed by atoms with Crippen LogP contribution in [-0.2, 0) is 11.3 Å². The molecule has 1 aromatic carbocycles. The van der Waals surface area contributed by atoms with E-state index in [2.05, 4.69) is 5.32 Å². The van der Waals surface area contributed by atoms with Crippen molar-refractivity contribution in [3.8, 4) is 5.75 Å². The lowest BCUT2D eigenvalue weighted by Gasteiger charge is -2.23. The first kappa shape index (κ1) is 18.7. The van der Waals surface area contributed by atoms with Crippen LogP contribution in [0.15, 0.2) is 18.2 Å². The second kappa shape index (κ2) is 8.12. The number of amides is 1. The smallest absolute Gasteiger partial charge is 0.240 e. The molecule has 0 aliphatic rings. The zero-order valence-electron chi connectivity index (χ0n) is 12.7. The summed E-state index contributed by atoms with van der Waals surface area (Å²) in [4.78, 5) is 12.0. The fourth-order valence-electron chi connectivity index (χ4n) is 1.99. The van der Waals surface area contributed by atoms with Crippen molar-refractivity contribution < 1.29 is 9.53 Å². The lowest BCUT2D eigenvalue weighted by Crippen LogP contribution is -2.51. The van der Waals surface area contributed by atoms with Crippen molar-refractivity contribution in [1.82, 2.24) is 5.32 Å². The van der Waals surface area contributed by atoms with Gasteiger partial charge in [-0.15, -0.1) is 12.4 Å². The summed E-state index contributed by atoms with van der Waals surface area (Å²) in [5.41, 5.74) is 7.26. The predicted molar refractivity (Wildman–Crippen MR) is 84.3 cm³/mol. The molecule has 1 rings (SSSR count). The minimum absolute atomic E-state index is 0. The van der Waals surface area contributed by atoms with Crippen LogP contribution < -0.4 is 15.8 Å². The first-order chi connectivity index (χ1) is 8.90. The molecule has 0 aliphatic carbocycles. The van der Waals surface area contributed by atoms with Crippen LogP contribution in [0.4, 0.5) is 0 Å². The number of carbonyl (C=O) groups excluding carboxylic acids is 1. The van der Waals surface area contributed by atoms with Gasteiger partial charge >= 0.3 is 0 Å². The fraction of sp³-hybridized carbons (Fsp3) is 0.533. The largest absolute Gasteiger partial charge is 0.496 e. The maximum Gasteiger partial charge on any atom is 0.240 e. The maximum absolute atomic E-state index is 12.0. The van der Waals surface area contributed by atoms with E-state index >= 15 is 0 Å². The average molecular weight is 301 g/mol. The monoisotopic (exact) mass is 300 g/mol. The molecule has 0 fully saturated rings. The standard InChI is InChI=1S/C15H24N2O2.ClH/c1-5-8-15(3,16)14(18)17-10-12-7-6-11(2)13(9-12)19-4;/h6-7,9H,5,8,10,16H2,1-4H3,(H,17,18);1H. The molecular formula is C15H25ClN2O2. The van der Waals surface area contributed by atoms with Crippen LogP contribution in [0, 0.1) is 6.92 Å². The van der Waals surface area contributed by atoms with E-state index in [4.69, 9.17) is 10.5 Å². The molecule has 20 heavy (non-hydrogen) atoms. The van der Waals surface area contributed by atoms with Gasteiger partial charge in [-0.3, -0.25) is 4.79 Å². The van der Waals surface area contributed by atoms with E-state index in [-0.39, 0.29) is 18.3 Å². The van der Waals surface area contributed by atoms with Crippen LogP contribution in [0.5, 0.6) is 5.75 Å². The summed E-state index contributed by atoms with van der Waals surface area (Å²) in [6, 6.07) is 5.89. The number of ether oxygens (including phenoxy) is 1. The number of halogens is 1. The summed E-state index contributed by atoms with van der Waals surface area (Å²) in [6.07, 6.45) is 1.56. The zero-order chi connectivity index (χ0) is 14.5. The van der Waals surface area contributed by atoms with Gasteiger partial charge in [-0.25, -0.2) is 0 Å². The Hall–Kier alpha value is -1.26. The quantitative estimate of drug-likeness (QED) is 0.848. The van der Waals surface area contributed by atoms with Crippen molar-refractivity contribution in [3.63, 3.8) is 0 Å². The summed E-state index contributed by atoms with van der Waals surface area (Å²) in [6.45, 7) is 6.23. The molecule has 0 aliphatic heterocycles. The molecule has 1 aromatic rings. The van der Waals surface area contributed by atoms with Crippen LogP contribution in [-0.4, -0.2) is 18.6 Å². The second-order valence-electron chi connectivity index (χ2n) is 5.15. The number of aryl methyl sites for hydroxylation is 1. The normalized spacial score (nSPS) is 13.1. The van der Waals surface area contributed by atoms with Gasteiger partial charge in [0, 0.05) is 6.54 Å². The van der Waals surface area contributed by atoms with E-state index in [1.54, 1.807) is 14.0 Å². The maximum atomic E-state index is 12.0. The third-order valence-corrected chi connectivity index (χ3v) is 3.21. The highest BCUT2D eigenvalue weighted by atomic mass is 35.5. The summed E-state index contributed by atoms with van der Waals surface area (Å²) < 4.78 is 5.26. The Morgan fingerprint density at radius 3 is 2.65 bits per heavy atom. The number of rotatable bonds is 6. The molecule has 0 radical (unpaired) electrons. The molecule has 0 spiro atoms. The topological polar surface area (TPSA) is 64.4 Å². The highest BCUT2D eigenvalue weighted by Crippen LogP contribution is 2.19. The van der Waals surface area contributed by atoms with E-state index in [0.29, 0.717) is 13.0 Å². The molecule has 0 heterocycles. The molecular weight excluding hydrogens is 276 g/mol. The van der Waals surface area contributed by atoms with Crippen molar-refractivity contribution in [2.75, 3.05) is 7.11 Å². The Bertz CT molecular complexity index is 447. The first-order valence-corrected chi connectivity index (χ1v) is 6.61. The molecule has 0 saturated heterocycles. The van der Waals surface area contributed by atoms with Crippen molar-refractivity contribution in [1.29, 1.82) is 0 Å².